The Labute approximate surface area is 142 Å². The van der Waals surface area contributed by atoms with E-state index in [4.69, 9.17) is 4.74 Å². The summed E-state index contributed by atoms with van der Waals surface area (Å²) in [6.07, 6.45) is 2.21. The molecule has 0 spiro atoms. The van der Waals surface area contributed by atoms with Gasteiger partial charge in [-0.2, -0.15) is 0 Å². The lowest BCUT2D eigenvalue weighted by Crippen LogP contribution is -2.10. The van der Waals surface area contributed by atoms with Crippen molar-refractivity contribution in [1.82, 2.24) is 0 Å². The minimum absolute atomic E-state index is 0.0205. The summed E-state index contributed by atoms with van der Waals surface area (Å²) in [6.45, 7) is 4.05. The van der Waals surface area contributed by atoms with Gasteiger partial charge in [0.1, 0.15) is 0 Å². The molecule has 0 saturated carbocycles. The number of esters is 1. The van der Waals surface area contributed by atoms with Crippen molar-refractivity contribution in [2.75, 3.05) is 12.4 Å². The third-order valence-corrected chi connectivity index (χ3v) is 3.87. The highest BCUT2D eigenvalue weighted by atomic mass is 16.5. The number of aryl methyl sites for hydroxylation is 1. The summed E-state index contributed by atoms with van der Waals surface area (Å²) >= 11 is 0. The van der Waals surface area contributed by atoms with Crippen LogP contribution in [-0.2, 0) is 16.0 Å². The van der Waals surface area contributed by atoms with Gasteiger partial charge in [-0.25, -0.2) is 4.79 Å². The molecule has 4 nitrogen and oxygen atoms in total. The number of amides is 1. The van der Waals surface area contributed by atoms with Gasteiger partial charge in [0.25, 0.3) is 0 Å². The Morgan fingerprint density at radius 1 is 1.04 bits per heavy atom. The fraction of sp³-hybridized carbons (Fsp3) is 0.300. The molecule has 0 fully saturated rings. The molecule has 0 bridgehead atoms. The molecule has 0 aromatic heterocycles. The summed E-state index contributed by atoms with van der Waals surface area (Å²) in [5.41, 5.74) is 4.48. The molecule has 4 heteroatoms. The molecule has 0 aliphatic heterocycles. The van der Waals surface area contributed by atoms with Crippen LogP contribution in [0.4, 0.5) is 5.69 Å². The fourth-order valence-electron chi connectivity index (χ4n) is 2.58. The lowest BCUT2D eigenvalue weighted by atomic mass is 9.95. The Morgan fingerprint density at radius 3 is 2.33 bits per heavy atom. The maximum Gasteiger partial charge on any atom is 0.337 e. The van der Waals surface area contributed by atoms with Crippen LogP contribution >= 0.6 is 0 Å². The van der Waals surface area contributed by atoms with Crippen LogP contribution in [0.25, 0.3) is 11.1 Å². The van der Waals surface area contributed by atoms with Crippen LogP contribution in [0.5, 0.6) is 0 Å². The molecule has 0 saturated heterocycles. The van der Waals surface area contributed by atoms with Crippen molar-refractivity contribution < 1.29 is 14.3 Å². The molecule has 0 radical (unpaired) electrons. The van der Waals surface area contributed by atoms with Crippen LogP contribution < -0.4 is 5.32 Å². The van der Waals surface area contributed by atoms with E-state index >= 15 is 0 Å². The highest BCUT2D eigenvalue weighted by Gasteiger charge is 2.11. The second-order valence-electron chi connectivity index (χ2n) is 5.59. The summed E-state index contributed by atoms with van der Waals surface area (Å²) < 4.78 is 4.80. The number of ether oxygens (including phenoxy) is 1. The average Bonchev–Trinajstić information content (AvgIpc) is 2.61. The van der Waals surface area contributed by atoms with Crippen molar-refractivity contribution in [3.63, 3.8) is 0 Å². The van der Waals surface area contributed by atoms with E-state index in [2.05, 4.69) is 12.2 Å². The zero-order chi connectivity index (χ0) is 17.5. The quantitative estimate of drug-likeness (QED) is 0.799. The number of rotatable bonds is 6. The lowest BCUT2D eigenvalue weighted by molar-refractivity contribution is -0.116. The highest BCUT2D eigenvalue weighted by Crippen LogP contribution is 2.27. The number of benzene rings is 2. The van der Waals surface area contributed by atoms with E-state index < -0.39 is 0 Å². The van der Waals surface area contributed by atoms with E-state index in [1.807, 2.05) is 43.3 Å². The molecule has 2 aromatic rings. The molecule has 0 aliphatic rings. The van der Waals surface area contributed by atoms with Crippen LogP contribution in [0.15, 0.2) is 42.5 Å². The monoisotopic (exact) mass is 325 g/mol. The topological polar surface area (TPSA) is 55.4 Å². The summed E-state index contributed by atoms with van der Waals surface area (Å²) in [7, 11) is 1.38. The molecule has 0 unspecified atom stereocenters. The Balaban J connectivity index is 2.30. The van der Waals surface area contributed by atoms with Gasteiger partial charge in [-0.05, 0) is 53.8 Å². The van der Waals surface area contributed by atoms with E-state index in [0.717, 1.165) is 35.2 Å². The molecule has 2 aromatic carbocycles. The van der Waals surface area contributed by atoms with Crippen molar-refractivity contribution >= 4 is 17.6 Å². The average molecular weight is 325 g/mol. The standard InChI is InChI=1S/C20H23NO3/c1-4-6-19(22)21-17-11-9-15(10-12-17)18-13-16(20(23)24-3)8-7-14(18)5-2/h7-13H,4-6H2,1-3H3,(H,21,22). The SMILES string of the molecule is CCCC(=O)Nc1ccc(-c2cc(C(=O)OC)ccc2CC)cc1. The first-order valence-corrected chi connectivity index (χ1v) is 8.20. The van der Waals surface area contributed by atoms with Gasteiger partial charge in [0.05, 0.1) is 12.7 Å². The van der Waals surface area contributed by atoms with Gasteiger partial charge in [-0.15, -0.1) is 0 Å². The number of nitrogens with one attached hydrogen (secondary N) is 1. The van der Waals surface area contributed by atoms with Gasteiger partial charge < -0.3 is 10.1 Å². The second kappa shape index (κ2) is 8.29. The van der Waals surface area contributed by atoms with E-state index in [1.54, 1.807) is 6.07 Å². The molecule has 0 aliphatic carbocycles. The maximum absolute atomic E-state index is 11.8. The van der Waals surface area contributed by atoms with Crippen LogP contribution in [-0.4, -0.2) is 19.0 Å². The van der Waals surface area contributed by atoms with Crippen LogP contribution in [0.3, 0.4) is 0 Å². The molecule has 126 valence electrons. The first-order valence-electron chi connectivity index (χ1n) is 8.20. The first-order chi connectivity index (χ1) is 11.6. The summed E-state index contributed by atoms with van der Waals surface area (Å²) in [5.74, 6) is -0.325. The minimum atomic E-state index is -0.345. The predicted molar refractivity (Wildman–Crippen MR) is 96.1 cm³/mol. The number of carbonyl (C=O) groups excluding carboxylic acids is 2. The van der Waals surface area contributed by atoms with Gasteiger partial charge in [0.2, 0.25) is 5.91 Å². The van der Waals surface area contributed by atoms with E-state index in [0.29, 0.717) is 12.0 Å². The lowest BCUT2D eigenvalue weighted by Gasteiger charge is -2.11. The zero-order valence-electron chi connectivity index (χ0n) is 14.4. The maximum atomic E-state index is 11.8. The van der Waals surface area contributed by atoms with Crippen LogP contribution in [0, 0.1) is 0 Å². The summed E-state index contributed by atoms with van der Waals surface area (Å²) in [5, 5.41) is 2.88. The number of carbonyl (C=O) groups is 2. The van der Waals surface area contributed by atoms with E-state index in [1.165, 1.54) is 7.11 Å². The largest absolute Gasteiger partial charge is 0.465 e. The molecule has 1 N–H and O–H groups in total. The number of methoxy groups -OCH3 is 1. The second-order valence-corrected chi connectivity index (χ2v) is 5.59. The first kappa shape index (κ1) is 17.7. The van der Waals surface area contributed by atoms with E-state index in [9.17, 15) is 9.59 Å². The van der Waals surface area contributed by atoms with Crippen LogP contribution in [0.1, 0.15) is 42.6 Å². The summed E-state index contributed by atoms with van der Waals surface area (Å²) in [4.78, 5) is 23.4. The van der Waals surface area contributed by atoms with Gasteiger partial charge in [-0.1, -0.05) is 32.0 Å². The van der Waals surface area contributed by atoms with Gasteiger partial charge in [0, 0.05) is 12.1 Å². The molecule has 2 rings (SSSR count). The Kier molecular flexibility index (Phi) is 6.13. The molecule has 24 heavy (non-hydrogen) atoms. The normalized spacial score (nSPS) is 10.3. The molecular weight excluding hydrogens is 302 g/mol. The van der Waals surface area contributed by atoms with E-state index in [-0.39, 0.29) is 11.9 Å². The third-order valence-electron chi connectivity index (χ3n) is 3.87. The molecule has 1 amide bonds. The van der Waals surface area contributed by atoms with Crippen molar-refractivity contribution in [3.8, 4) is 11.1 Å². The van der Waals surface area contributed by atoms with Crippen molar-refractivity contribution in [2.45, 2.75) is 33.1 Å². The van der Waals surface area contributed by atoms with Crippen molar-refractivity contribution in [2.24, 2.45) is 0 Å². The Bertz CT molecular complexity index is 720. The van der Waals surface area contributed by atoms with Crippen molar-refractivity contribution in [3.05, 3.63) is 53.6 Å². The zero-order valence-corrected chi connectivity index (χ0v) is 14.4. The number of hydrogen-bond donors (Lipinski definition) is 1. The van der Waals surface area contributed by atoms with Crippen LogP contribution in [0.2, 0.25) is 0 Å². The third kappa shape index (κ3) is 4.22. The van der Waals surface area contributed by atoms with Gasteiger partial charge in [0.15, 0.2) is 0 Å². The highest BCUT2D eigenvalue weighted by molar-refractivity contribution is 5.92. The molecule has 0 heterocycles. The smallest absolute Gasteiger partial charge is 0.337 e. The molecular formula is C20H23NO3. The minimum Gasteiger partial charge on any atom is -0.465 e. The van der Waals surface area contributed by atoms with Gasteiger partial charge >= 0.3 is 5.97 Å². The predicted octanol–water partition coefficient (Wildman–Crippen LogP) is 4.44. The number of hydrogen-bond acceptors (Lipinski definition) is 3. The fourth-order valence-corrected chi connectivity index (χ4v) is 2.58. The Morgan fingerprint density at radius 2 is 1.75 bits per heavy atom. The van der Waals surface area contributed by atoms with Gasteiger partial charge in [-0.3, -0.25) is 4.79 Å². The molecule has 0 atom stereocenters. The Hall–Kier alpha value is -2.62. The summed E-state index contributed by atoms with van der Waals surface area (Å²) in [6, 6.07) is 13.3. The van der Waals surface area contributed by atoms with Crippen molar-refractivity contribution in [1.29, 1.82) is 0 Å². The number of anilines is 1.